The van der Waals surface area contributed by atoms with E-state index < -0.39 is 0 Å². The van der Waals surface area contributed by atoms with Crippen LogP contribution in [0.4, 0.5) is 0 Å². The van der Waals surface area contributed by atoms with Crippen LogP contribution in [0.1, 0.15) is 35.1 Å². The normalized spacial score (nSPS) is 17.6. The van der Waals surface area contributed by atoms with Crippen molar-refractivity contribution in [2.24, 2.45) is 0 Å². The van der Waals surface area contributed by atoms with Crippen LogP contribution < -0.4 is 0 Å². The summed E-state index contributed by atoms with van der Waals surface area (Å²) in [5, 5.41) is 11.2. The Morgan fingerprint density at radius 1 is 1.32 bits per heavy atom. The Hall–Kier alpha value is -3.03. The molecule has 2 aromatic heterocycles. The van der Waals surface area contributed by atoms with E-state index in [1.165, 1.54) is 6.33 Å². The number of rotatable bonds is 3. The molecule has 25 heavy (non-hydrogen) atoms. The van der Waals surface area contributed by atoms with Gasteiger partial charge in [-0.15, -0.1) is 5.10 Å². The van der Waals surface area contributed by atoms with Crippen molar-refractivity contribution < 1.29 is 4.79 Å². The summed E-state index contributed by atoms with van der Waals surface area (Å²) in [5.41, 5.74) is 1.42. The number of amides is 1. The van der Waals surface area contributed by atoms with Gasteiger partial charge in [0.15, 0.2) is 0 Å². The van der Waals surface area contributed by atoms with Crippen molar-refractivity contribution >= 4 is 5.91 Å². The van der Waals surface area contributed by atoms with Crippen molar-refractivity contribution in [2.45, 2.75) is 25.8 Å². The second-order valence-electron chi connectivity index (χ2n) is 6.23. The number of benzene rings is 1. The summed E-state index contributed by atoms with van der Waals surface area (Å²) < 4.78 is 3.71. The molecule has 1 fully saturated rings. The molecule has 0 spiro atoms. The summed E-state index contributed by atoms with van der Waals surface area (Å²) in [6.45, 7) is 3.47. The zero-order chi connectivity index (χ0) is 17.2. The monoisotopic (exact) mass is 337 g/mol. The fraction of sp³-hybridized carbons (Fsp3) is 0.353. The minimum atomic E-state index is 0.0393. The summed E-state index contributed by atoms with van der Waals surface area (Å²) in [7, 11) is 0. The molecule has 0 N–H and O–H groups in total. The van der Waals surface area contributed by atoms with E-state index in [0.717, 1.165) is 30.9 Å². The summed E-state index contributed by atoms with van der Waals surface area (Å²) in [6.07, 6.45) is 7.37. The van der Waals surface area contributed by atoms with Gasteiger partial charge < -0.3 is 9.47 Å². The molecule has 8 nitrogen and oxygen atoms in total. The number of aromatic nitrogens is 6. The third-order valence-corrected chi connectivity index (χ3v) is 4.65. The van der Waals surface area contributed by atoms with Gasteiger partial charge in [-0.1, -0.05) is 6.07 Å². The van der Waals surface area contributed by atoms with Crippen LogP contribution in [0.2, 0.25) is 0 Å². The first-order chi connectivity index (χ1) is 12.2. The number of imidazole rings is 1. The highest BCUT2D eigenvalue weighted by molar-refractivity contribution is 5.94. The first-order valence-electron chi connectivity index (χ1n) is 8.34. The van der Waals surface area contributed by atoms with Crippen molar-refractivity contribution in [2.75, 3.05) is 13.1 Å². The minimum absolute atomic E-state index is 0.0393. The molecule has 8 heteroatoms. The molecule has 1 aliphatic rings. The van der Waals surface area contributed by atoms with Crippen LogP contribution in [-0.4, -0.2) is 53.7 Å². The van der Waals surface area contributed by atoms with Crippen LogP contribution in [-0.2, 0) is 0 Å². The van der Waals surface area contributed by atoms with Crippen LogP contribution in [0.25, 0.3) is 5.69 Å². The third kappa shape index (κ3) is 3.02. The molecule has 1 atom stereocenters. The number of aryl methyl sites for hydroxylation is 1. The van der Waals surface area contributed by atoms with E-state index in [-0.39, 0.29) is 11.9 Å². The highest BCUT2D eigenvalue weighted by Crippen LogP contribution is 2.24. The summed E-state index contributed by atoms with van der Waals surface area (Å²) >= 11 is 0. The Morgan fingerprint density at radius 2 is 2.24 bits per heavy atom. The van der Waals surface area contributed by atoms with Crippen LogP contribution in [0, 0.1) is 6.92 Å². The topological polar surface area (TPSA) is 81.7 Å². The molecular weight excluding hydrogens is 318 g/mol. The van der Waals surface area contributed by atoms with Crippen molar-refractivity contribution in [1.82, 2.24) is 34.7 Å². The highest BCUT2D eigenvalue weighted by Gasteiger charge is 2.26. The van der Waals surface area contributed by atoms with E-state index in [1.807, 2.05) is 48.5 Å². The van der Waals surface area contributed by atoms with E-state index in [0.29, 0.717) is 12.1 Å². The van der Waals surface area contributed by atoms with Gasteiger partial charge in [0.2, 0.25) is 0 Å². The van der Waals surface area contributed by atoms with Gasteiger partial charge in [0, 0.05) is 31.0 Å². The number of piperidine rings is 1. The number of nitrogens with zero attached hydrogens (tertiary/aromatic N) is 7. The molecule has 0 radical (unpaired) electrons. The predicted molar refractivity (Wildman–Crippen MR) is 90.3 cm³/mol. The van der Waals surface area contributed by atoms with Crippen molar-refractivity contribution in [3.63, 3.8) is 0 Å². The molecule has 0 aliphatic carbocycles. The third-order valence-electron chi connectivity index (χ3n) is 4.65. The number of likely N-dealkylation sites (tertiary alicyclic amines) is 1. The average molecular weight is 337 g/mol. The van der Waals surface area contributed by atoms with Gasteiger partial charge in [0.05, 0.1) is 11.7 Å². The zero-order valence-corrected chi connectivity index (χ0v) is 14.0. The number of carbonyl (C=O) groups excluding carboxylic acids is 1. The molecular formula is C17H19N7O. The molecule has 0 saturated carbocycles. The number of hydrogen-bond acceptors (Lipinski definition) is 5. The summed E-state index contributed by atoms with van der Waals surface area (Å²) in [6, 6.07) is 7.67. The van der Waals surface area contributed by atoms with Gasteiger partial charge in [0.1, 0.15) is 12.2 Å². The molecule has 1 aliphatic heterocycles. The average Bonchev–Trinajstić information content (AvgIpc) is 3.33. The minimum Gasteiger partial charge on any atom is -0.337 e. The van der Waals surface area contributed by atoms with E-state index in [4.69, 9.17) is 0 Å². The van der Waals surface area contributed by atoms with Gasteiger partial charge in [-0.05, 0) is 48.4 Å². The van der Waals surface area contributed by atoms with Crippen LogP contribution in [0.15, 0.2) is 43.0 Å². The molecule has 1 amide bonds. The number of carbonyl (C=O) groups is 1. The predicted octanol–water partition coefficient (Wildman–Crippen LogP) is 1.64. The van der Waals surface area contributed by atoms with Crippen LogP contribution in [0.5, 0.6) is 0 Å². The van der Waals surface area contributed by atoms with Crippen molar-refractivity contribution in [3.05, 3.63) is 54.4 Å². The first-order valence-corrected chi connectivity index (χ1v) is 8.34. The van der Waals surface area contributed by atoms with Gasteiger partial charge in [0.25, 0.3) is 5.91 Å². The first kappa shape index (κ1) is 15.5. The molecule has 4 rings (SSSR count). The largest absolute Gasteiger partial charge is 0.337 e. The fourth-order valence-electron chi connectivity index (χ4n) is 3.38. The smallest absolute Gasteiger partial charge is 0.254 e. The Labute approximate surface area is 145 Å². The molecule has 1 unspecified atom stereocenters. The highest BCUT2D eigenvalue weighted by atomic mass is 16.2. The fourth-order valence-corrected chi connectivity index (χ4v) is 3.38. The quantitative estimate of drug-likeness (QED) is 0.726. The van der Waals surface area contributed by atoms with Gasteiger partial charge in [-0.25, -0.2) is 9.67 Å². The Kier molecular flexibility index (Phi) is 4.01. The lowest BCUT2D eigenvalue weighted by atomic mass is 10.0. The van der Waals surface area contributed by atoms with E-state index in [1.54, 1.807) is 4.68 Å². The molecule has 1 aromatic carbocycles. The SMILES string of the molecule is Cc1nccn1C1CCCN(C(=O)c2cccc(-n3cnnn3)c2)C1. The van der Waals surface area contributed by atoms with E-state index >= 15 is 0 Å². The zero-order valence-electron chi connectivity index (χ0n) is 14.0. The van der Waals surface area contributed by atoms with Gasteiger partial charge >= 0.3 is 0 Å². The van der Waals surface area contributed by atoms with Crippen LogP contribution >= 0.6 is 0 Å². The second-order valence-corrected chi connectivity index (χ2v) is 6.23. The molecule has 128 valence electrons. The molecule has 3 heterocycles. The number of tetrazole rings is 1. The maximum atomic E-state index is 13.0. The second kappa shape index (κ2) is 6.46. The Bertz CT molecular complexity index is 871. The maximum absolute atomic E-state index is 13.0. The van der Waals surface area contributed by atoms with Gasteiger partial charge in [-0.3, -0.25) is 4.79 Å². The standard InChI is InChI=1S/C17H19N7O/c1-13-18-7-9-23(13)16-6-3-8-22(11-16)17(25)14-4-2-5-15(10-14)24-12-19-20-21-24/h2,4-5,7,9-10,12,16H,3,6,8,11H2,1H3. The Morgan fingerprint density at radius 3 is 3.00 bits per heavy atom. The van der Waals surface area contributed by atoms with Crippen LogP contribution in [0.3, 0.4) is 0 Å². The molecule has 0 bridgehead atoms. The lowest BCUT2D eigenvalue weighted by Gasteiger charge is -2.34. The lowest BCUT2D eigenvalue weighted by molar-refractivity contribution is 0.0678. The Balaban J connectivity index is 1.54. The molecule has 3 aromatic rings. The van der Waals surface area contributed by atoms with Crippen molar-refractivity contribution in [1.29, 1.82) is 0 Å². The maximum Gasteiger partial charge on any atom is 0.254 e. The summed E-state index contributed by atoms with van der Waals surface area (Å²) in [5.74, 6) is 1.03. The van der Waals surface area contributed by atoms with Crippen molar-refractivity contribution in [3.8, 4) is 5.69 Å². The molecule has 1 saturated heterocycles. The van der Waals surface area contributed by atoms with Gasteiger partial charge in [-0.2, -0.15) is 0 Å². The lowest BCUT2D eigenvalue weighted by Crippen LogP contribution is -2.40. The van der Waals surface area contributed by atoms with E-state index in [9.17, 15) is 4.79 Å². The summed E-state index contributed by atoms with van der Waals surface area (Å²) in [4.78, 5) is 19.2. The number of hydrogen-bond donors (Lipinski definition) is 0. The van der Waals surface area contributed by atoms with E-state index in [2.05, 4.69) is 25.1 Å².